The van der Waals surface area contributed by atoms with Crippen molar-refractivity contribution in [2.45, 2.75) is 46.6 Å². The van der Waals surface area contributed by atoms with Crippen LogP contribution in [0.25, 0.3) is 0 Å². The van der Waals surface area contributed by atoms with Gasteiger partial charge in [-0.2, -0.15) is 0 Å². The average molecular weight is 363 g/mol. The number of hydrogen-bond donors (Lipinski definition) is 2. The summed E-state index contributed by atoms with van der Waals surface area (Å²) >= 11 is 0. The third-order valence-corrected chi connectivity index (χ3v) is 5.06. The molecule has 0 spiro atoms. The monoisotopic (exact) mass is 362 g/mol. The number of halogens is 1. The standard InChI is InChI=1S/C21H35FN4/c1-15(2)13-26-10-6-7-18(14-26)12-24-21(23-5)25-17(4)19-9-8-16(3)20(22)11-19/h8-9,11,15,17-18H,6-7,10,12-14H2,1-5H3,(H2,23,24,25). The maximum Gasteiger partial charge on any atom is 0.191 e. The Balaban J connectivity index is 1.84. The van der Waals surface area contributed by atoms with Crippen LogP contribution in [0.4, 0.5) is 4.39 Å². The summed E-state index contributed by atoms with van der Waals surface area (Å²) in [5, 5.41) is 6.83. The fourth-order valence-corrected chi connectivity index (χ4v) is 3.60. The molecule has 5 heteroatoms. The third-order valence-electron chi connectivity index (χ3n) is 5.06. The van der Waals surface area contributed by atoms with Gasteiger partial charge in [-0.1, -0.05) is 26.0 Å². The molecule has 1 aromatic carbocycles. The third kappa shape index (κ3) is 6.27. The fourth-order valence-electron chi connectivity index (χ4n) is 3.60. The van der Waals surface area contributed by atoms with Crippen LogP contribution in [-0.4, -0.2) is 44.1 Å². The molecule has 2 unspecified atom stereocenters. The van der Waals surface area contributed by atoms with Gasteiger partial charge in [0.05, 0.1) is 6.04 Å². The van der Waals surface area contributed by atoms with Crippen molar-refractivity contribution in [3.63, 3.8) is 0 Å². The predicted molar refractivity (Wildman–Crippen MR) is 108 cm³/mol. The van der Waals surface area contributed by atoms with Crippen molar-refractivity contribution in [3.05, 3.63) is 35.1 Å². The van der Waals surface area contributed by atoms with Gasteiger partial charge in [-0.05, 0) is 62.3 Å². The summed E-state index contributed by atoms with van der Waals surface area (Å²) in [6.07, 6.45) is 2.53. The summed E-state index contributed by atoms with van der Waals surface area (Å²) in [5.74, 6) is 1.98. The van der Waals surface area contributed by atoms with Crippen LogP contribution in [-0.2, 0) is 0 Å². The van der Waals surface area contributed by atoms with Gasteiger partial charge in [0, 0.05) is 26.7 Å². The van der Waals surface area contributed by atoms with Gasteiger partial charge in [-0.25, -0.2) is 4.39 Å². The zero-order valence-corrected chi connectivity index (χ0v) is 17.0. The average Bonchev–Trinajstić information content (AvgIpc) is 2.60. The number of piperidine rings is 1. The molecule has 0 amide bonds. The quantitative estimate of drug-likeness (QED) is 0.598. The molecule has 1 fully saturated rings. The molecule has 0 bridgehead atoms. The van der Waals surface area contributed by atoms with Crippen LogP contribution in [0.15, 0.2) is 23.2 Å². The molecule has 2 rings (SSSR count). The summed E-state index contributed by atoms with van der Waals surface area (Å²) in [7, 11) is 1.78. The number of nitrogens with zero attached hydrogens (tertiary/aromatic N) is 2. The molecular weight excluding hydrogens is 327 g/mol. The number of nitrogens with one attached hydrogen (secondary N) is 2. The lowest BCUT2D eigenvalue weighted by atomic mass is 9.97. The highest BCUT2D eigenvalue weighted by molar-refractivity contribution is 5.80. The molecule has 4 nitrogen and oxygen atoms in total. The maximum atomic E-state index is 13.8. The van der Waals surface area contributed by atoms with Crippen LogP contribution in [0.5, 0.6) is 0 Å². The van der Waals surface area contributed by atoms with Crippen molar-refractivity contribution in [2.75, 3.05) is 33.2 Å². The summed E-state index contributed by atoms with van der Waals surface area (Å²) in [6, 6.07) is 5.39. The highest BCUT2D eigenvalue weighted by atomic mass is 19.1. The first-order valence-corrected chi connectivity index (χ1v) is 9.84. The van der Waals surface area contributed by atoms with Gasteiger partial charge in [-0.3, -0.25) is 4.99 Å². The first kappa shape index (κ1) is 20.7. The van der Waals surface area contributed by atoms with Crippen LogP contribution in [0.1, 0.15) is 50.8 Å². The minimum atomic E-state index is -0.161. The Hall–Kier alpha value is -1.62. The van der Waals surface area contributed by atoms with E-state index in [1.807, 2.05) is 19.1 Å². The minimum Gasteiger partial charge on any atom is -0.356 e. The van der Waals surface area contributed by atoms with E-state index < -0.39 is 0 Å². The van der Waals surface area contributed by atoms with Crippen LogP contribution in [0.2, 0.25) is 0 Å². The topological polar surface area (TPSA) is 39.7 Å². The molecule has 1 aromatic rings. The molecule has 1 saturated heterocycles. The Morgan fingerprint density at radius 3 is 2.77 bits per heavy atom. The van der Waals surface area contributed by atoms with E-state index in [1.165, 1.54) is 25.9 Å². The Kier molecular flexibility index (Phi) is 7.88. The van der Waals surface area contributed by atoms with Crippen molar-refractivity contribution < 1.29 is 4.39 Å². The molecule has 1 heterocycles. The number of hydrogen-bond acceptors (Lipinski definition) is 2. The van der Waals surface area contributed by atoms with Crippen molar-refractivity contribution in [3.8, 4) is 0 Å². The molecule has 2 atom stereocenters. The van der Waals surface area contributed by atoms with E-state index in [0.717, 1.165) is 24.6 Å². The Bertz CT molecular complexity index is 600. The summed E-state index contributed by atoms with van der Waals surface area (Å²) in [5.41, 5.74) is 1.60. The van der Waals surface area contributed by atoms with E-state index in [-0.39, 0.29) is 11.9 Å². The normalized spacial score (nSPS) is 20.3. The second-order valence-electron chi connectivity index (χ2n) is 7.99. The second-order valence-corrected chi connectivity index (χ2v) is 7.99. The molecule has 0 radical (unpaired) electrons. The van der Waals surface area contributed by atoms with E-state index in [9.17, 15) is 4.39 Å². The molecule has 2 N–H and O–H groups in total. The van der Waals surface area contributed by atoms with E-state index in [4.69, 9.17) is 0 Å². The fraction of sp³-hybridized carbons (Fsp3) is 0.667. The summed E-state index contributed by atoms with van der Waals surface area (Å²) < 4.78 is 13.8. The lowest BCUT2D eigenvalue weighted by Gasteiger charge is -2.34. The Labute approximate surface area is 158 Å². The van der Waals surface area contributed by atoms with Crippen molar-refractivity contribution in [1.29, 1.82) is 0 Å². The Morgan fingerprint density at radius 2 is 2.12 bits per heavy atom. The van der Waals surface area contributed by atoms with Crippen molar-refractivity contribution >= 4 is 5.96 Å². The molecule has 146 valence electrons. The van der Waals surface area contributed by atoms with Crippen molar-refractivity contribution in [1.82, 2.24) is 15.5 Å². The zero-order valence-electron chi connectivity index (χ0n) is 17.0. The number of aliphatic imine (C=N–C) groups is 1. The zero-order chi connectivity index (χ0) is 19.1. The molecule has 26 heavy (non-hydrogen) atoms. The highest BCUT2D eigenvalue weighted by Crippen LogP contribution is 2.18. The van der Waals surface area contributed by atoms with Crippen LogP contribution in [0.3, 0.4) is 0 Å². The van der Waals surface area contributed by atoms with E-state index in [1.54, 1.807) is 20.0 Å². The lowest BCUT2D eigenvalue weighted by Crippen LogP contribution is -2.45. The van der Waals surface area contributed by atoms with Crippen LogP contribution >= 0.6 is 0 Å². The second kappa shape index (κ2) is 9.91. The van der Waals surface area contributed by atoms with Crippen LogP contribution in [0, 0.1) is 24.6 Å². The number of guanidine groups is 1. The smallest absolute Gasteiger partial charge is 0.191 e. The van der Waals surface area contributed by atoms with Gasteiger partial charge in [0.15, 0.2) is 5.96 Å². The number of rotatable bonds is 6. The number of aryl methyl sites for hydroxylation is 1. The summed E-state index contributed by atoms with van der Waals surface area (Å²) in [4.78, 5) is 6.91. The molecule has 1 aliphatic heterocycles. The largest absolute Gasteiger partial charge is 0.356 e. The number of benzene rings is 1. The van der Waals surface area contributed by atoms with Gasteiger partial charge >= 0.3 is 0 Å². The molecule has 0 saturated carbocycles. The number of likely N-dealkylation sites (tertiary alicyclic amines) is 1. The molecule has 0 aliphatic carbocycles. The lowest BCUT2D eigenvalue weighted by molar-refractivity contribution is 0.159. The van der Waals surface area contributed by atoms with E-state index in [2.05, 4.69) is 34.4 Å². The molecule has 0 aromatic heterocycles. The van der Waals surface area contributed by atoms with Gasteiger partial charge in [-0.15, -0.1) is 0 Å². The van der Waals surface area contributed by atoms with Gasteiger partial charge in [0.25, 0.3) is 0 Å². The first-order chi connectivity index (χ1) is 12.4. The van der Waals surface area contributed by atoms with Gasteiger partial charge in [0.2, 0.25) is 0 Å². The van der Waals surface area contributed by atoms with Crippen LogP contribution < -0.4 is 10.6 Å². The molecule has 1 aliphatic rings. The highest BCUT2D eigenvalue weighted by Gasteiger charge is 2.20. The first-order valence-electron chi connectivity index (χ1n) is 9.84. The maximum absolute atomic E-state index is 13.8. The minimum absolute atomic E-state index is 0.0000882. The van der Waals surface area contributed by atoms with Gasteiger partial charge < -0.3 is 15.5 Å². The van der Waals surface area contributed by atoms with Gasteiger partial charge in [0.1, 0.15) is 5.82 Å². The SMILES string of the molecule is CN=C(NCC1CCCN(CC(C)C)C1)NC(C)c1ccc(C)c(F)c1. The summed E-state index contributed by atoms with van der Waals surface area (Å²) in [6.45, 7) is 12.8. The van der Waals surface area contributed by atoms with Crippen molar-refractivity contribution in [2.24, 2.45) is 16.8 Å². The van der Waals surface area contributed by atoms with E-state index >= 15 is 0 Å². The molecular formula is C21H35FN4. The van der Waals surface area contributed by atoms with E-state index in [0.29, 0.717) is 17.4 Å². The Morgan fingerprint density at radius 1 is 1.35 bits per heavy atom. The predicted octanol–water partition coefficient (Wildman–Crippen LogP) is 3.73.